The van der Waals surface area contributed by atoms with Crippen molar-refractivity contribution in [2.45, 2.75) is 6.42 Å². The average molecular weight is 270 g/mol. The van der Waals surface area contributed by atoms with Crippen LogP contribution in [0.1, 0.15) is 6.42 Å². The van der Waals surface area contributed by atoms with E-state index in [9.17, 15) is 9.59 Å². The van der Waals surface area contributed by atoms with E-state index in [-0.39, 0.29) is 0 Å². The monoisotopic (exact) mass is 270 g/mol. The second-order valence-electron chi connectivity index (χ2n) is 2.64. The summed E-state index contributed by atoms with van der Waals surface area (Å²) in [6, 6.07) is 0. The van der Waals surface area contributed by atoms with Crippen molar-refractivity contribution < 1.29 is 29.1 Å². The predicted molar refractivity (Wildman–Crippen MR) is 69.5 cm³/mol. The first-order valence-electron chi connectivity index (χ1n) is 5.18. The van der Waals surface area contributed by atoms with Crippen LogP contribution in [-0.4, -0.2) is 26.2 Å². The standard InChI is InChI=1S/C5H6.2C4H6O3/c1-2-4-5-3-1;2*1-3-4(5)7-6-2/h1-4H,5H2;2*3H,1H2,2H3. The van der Waals surface area contributed by atoms with Crippen molar-refractivity contribution in [2.75, 3.05) is 14.2 Å². The van der Waals surface area contributed by atoms with Crippen molar-refractivity contribution >= 4 is 11.9 Å². The van der Waals surface area contributed by atoms with Gasteiger partial charge in [-0.3, -0.25) is 9.78 Å². The molecule has 0 atom stereocenters. The first-order valence-corrected chi connectivity index (χ1v) is 5.18. The molecule has 0 fully saturated rings. The minimum absolute atomic E-state index is 0.581. The lowest BCUT2D eigenvalue weighted by Crippen LogP contribution is -1.96. The third-order valence-corrected chi connectivity index (χ3v) is 1.32. The van der Waals surface area contributed by atoms with E-state index >= 15 is 0 Å². The summed E-state index contributed by atoms with van der Waals surface area (Å²) in [6.07, 6.45) is 11.5. The molecule has 19 heavy (non-hydrogen) atoms. The maximum Gasteiger partial charge on any atom is 0.365 e. The molecule has 0 bridgehead atoms. The van der Waals surface area contributed by atoms with E-state index in [0.717, 1.165) is 18.6 Å². The summed E-state index contributed by atoms with van der Waals surface area (Å²) in [4.78, 5) is 35.7. The van der Waals surface area contributed by atoms with Gasteiger partial charge < -0.3 is 0 Å². The van der Waals surface area contributed by atoms with E-state index in [2.05, 4.69) is 57.0 Å². The van der Waals surface area contributed by atoms with E-state index in [0.29, 0.717) is 0 Å². The van der Waals surface area contributed by atoms with Crippen LogP contribution in [0.2, 0.25) is 0 Å². The van der Waals surface area contributed by atoms with Crippen LogP contribution in [0.5, 0.6) is 0 Å². The molecule has 1 rings (SSSR count). The van der Waals surface area contributed by atoms with E-state index in [1.807, 2.05) is 0 Å². The molecule has 0 N–H and O–H groups in total. The van der Waals surface area contributed by atoms with Gasteiger partial charge in [-0.2, -0.15) is 9.78 Å². The highest BCUT2D eigenvalue weighted by molar-refractivity contribution is 5.80. The Morgan fingerprint density at radius 1 is 0.947 bits per heavy atom. The molecule has 0 radical (unpaired) electrons. The average Bonchev–Trinajstić information content (AvgIpc) is 2.99. The van der Waals surface area contributed by atoms with Gasteiger partial charge in [0.15, 0.2) is 0 Å². The van der Waals surface area contributed by atoms with Crippen LogP contribution in [0.25, 0.3) is 0 Å². The summed E-state index contributed by atoms with van der Waals surface area (Å²) in [6.45, 7) is 6.25. The van der Waals surface area contributed by atoms with Crippen LogP contribution in [0, 0.1) is 0 Å². The second-order valence-corrected chi connectivity index (χ2v) is 2.64. The van der Waals surface area contributed by atoms with Crippen molar-refractivity contribution in [1.29, 1.82) is 0 Å². The fraction of sp³-hybridized carbons (Fsp3) is 0.231. The van der Waals surface area contributed by atoms with Crippen LogP contribution in [0.4, 0.5) is 0 Å². The molecule has 0 aromatic carbocycles. The van der Waals surface area contributed by atoms with Crippen LogP contribution in [0.15, 0.2) is 49.6 Å². The fourth-order valence-electron chi connectivity index (χ4n) is 0.625. The first-order chi connectivity index (χ1) is 9.12. The summed E-state index contributed by atoms with van der Waals surface area (Å²) in [5, 5.41) is 0. The quantitative estimate of drug-likeness (QED) is 0.442. The Labute approximate surface area is 112 Å². The van der Waals surface area contributed by atoms with Gasteiger partial charge in [0.05, 0.1) is 14.2 Å². The highest BCUT2D eigenvalue weighted by Crippen LogP contribution is 1.93. The molecule has 0 aromatic rings. The first kappa shape index (κ1) is 19.2. The zero-order valence-electron chi connectivity index (χ0n) is 11.0. The van der Waals surface area contributed by atoms with Crippen molar-refractivity contribution in [1.82, 2.24) is 0 Å². The van der Waals surface area contributed by atoms with E-state index in [1.165, 1.54) is 14.2 Å². The third-order valence-electron chi connectivity index (χ3n) is 1.32. The van der Waals surface area contributed by atoms with Gasteiger partial charge >= 0.3 is 11.9 Å². The van der Waals surface area contributed by atoms with Crippen LogP contribution >= 0.6 is 0 Å². The Kier molecular flexibility index (Phi) is 16.0. The van der Waals surface area contributed by atoms with Gasteiger partial charge in [-0.1, -0.05) is 37.5 Å². The zero-order chi connectivity index (χ0) is 14.9. The molecule has 6 heteroatoms. The van der Waals surface area contributed by atoms with Gasteiger partial charge in [-0.05, 0) is 6.42 Å². The minimum atomic E-state index is -0.581. The number of hydrogen-bond acceptors (Lipinski definition) is 6. The molecular formula is C13H18O6. The number of rotatable bonds is 4. The van der Waals surface area contributed by atoms with Crippen molar-refractivity contribution in [3.63, 3.8) is 0 Å². The van der Waals surface area contributed by atoms with E-state index in [1.54, 1.807) is 0 Å². The third kappa shape index (κ3) is 18.4. The Balaban J connectivity index is 0. The lowest BCUT2D eigenvalue weighted by atomic mass is 10.5. The molecule has 106 valence electrons. The normalized spacial score (nSPS) is 10.2. The van der Waals surface area contributed by atoms with Crippen molar-refractivity contribution in [3.05, 3.63) is 49.6 Å². The molecular weight excluding hydrogens is 252 g/mol. The zero-order valence-corrected chi connectivity index (χ0v) is 11.0. The van der Waals surface area contributed by atoms with Gasteiger partial charge in [0.1, 0.15) is 0 Å². The highest BCUT2D eigenvalue weighted by Gasteiger charge is 1.89. The number of carbonyl (C=O) groups is 2. The molecule has 0 spiro atoms. The summed E-state index contributed by atoms with van der Waals surface area (Å²) in [5.74, 6) is -1.16. The number of allylic oxidation sites excluding steroid dienone is 4. The largest absolute Gasteiger partial charge is 0.365 e. The summed E-state index contributed by atoms with van der Waals surface area (Å²) < 4.78 is 0. The lowest BCUT2D eigenvalue weighted by molar-refractivity contribution is -0.249. The van der Waals surface area contributed by atoms with Crippen LogP contribution in [0.3, 0.4) is 0 Å². The van der Waals surface area contributed by atoms with Crippen LogP contribution < -0.4 is 0 Å². The van der Waals surface area contributed by atoms with Crippen molar-refractivity contribution in [2.24, 2.45) is 0 Å². The number of carbonyl (C=O) groups excluding carboxylic acids is 2. The van der Waals surface area contributed by atoms with Gasteiger partial charge in [-0.15, -0.1) is 0 Å². The Bertz CT molecular complexity index is 298. The Morgan fingerprint density at radius 2 is 1.32 bits per heavy atom. The molecule has 0 aliphatic heterocycles. The summed E-state index contributed by atoms with van der Waals surface area (Å²) >= 11 is 0. The van der Waals surface area contributed by atoms with Crippen molar-refractivity contribution in [3.8, 4) is 0 Å². The topological polar surface area (TPSA) is 71.1 Å². The molecule has 0 unspecified atom stereocenters. The smallest absolute Gasteiger partial charge is 0.294 e. The van der Waals surface area contributed by atoms with E-state index in [4.69, 9.17) is 0 Å². The maximum absolute atomic E-state index is 9.95. The number of hydrogen-bond donors (Lipinski definition) is 0. The second kappa shape index (κ2) is 15.8. The molecule has 1 aliphatic carbocycles. The Morgan fingerprint density at radius 3 is 1.42 bits per heavy atom. The molecule has 0 aromatic heterocycles. The molecule has 6 nitrogen and oxygen atoms in total. The Hall–Kier alpha value is -2.18. The summed E-state index contributed by atoms with van der Waals surface area (Å²) in [5.41, 5.74) is 0. The lowest BCUT2D eigenvalue weighted by Gasteiger charge is -1.88. The van der Waals surface area contributed by atoms with Gasteiger partial charge in [-0.25, -0.2) is 9.59 Å². The van der Waals surface area contributed by atoms with Gasteiger partial charge in [0.2, 0.25) is 0 Å². The van der Waals surface area contributed by atoms with Crippen LogP contribution in [-0.2, 0) is 29.1 Å². The van der Waals surface area contributed by atoms with Gasteiger partial charge in [0.25, 0.3) is 0 Å². The fourth-order valence-corrected chi connectivity index (χ4v) is 0.625. The van der Waals surface area contributed by atoms with Gasteiger partial charge in [0, 0.05) is 12.2 Å². The predicted octanol–water partition coefficient (Wildman–Crippen LogP) is 2.06. The molecule has 1 aliphatic rings. The summed E-state index contributed by atoms with van der Waals surface area (Å²) in [7, 11) is 2.50. The highest BCUT2D eigenvalue weighted by atomic mass is 17.2. The molecule has 0 amide bonds. The minimum Gasteiger partial charge on any atom is -0.294 e. The molecule has 0 heterocycles. The molecule has 0 saturated carbocycles. The molecule has 0 saturated heterocycles. The SMILES string of the molecule is C1=CCC=C1.C=CC(=O)OOC.C=CC(=O)OOC. The maximum atomic E-state index is 9.95. The van der Waals surface area contributed by atoms with E-state index < -0.39 is 11.9 Å².